The SMILES string of the molecule is CNC(COCC(F)(F)F)Cc1nc(C(C)(C)C)cs1. The molecule has 0 saturated carbocycles. The van der Waals surface area contributed by atoms with Crippen LogP contribution in [0.25, 0.3) is 0 Å². The topological polar surface area (TPSA) is 34.1 Å². The van der Waals surface area contributed by atoms with E-state index in [2.05, 4.69) is 35.8 Å². The molecule has 0 spiro atoms. The Balaban J connectivity index is 2.50. The second kappa shape index (κ2) is 6.87. The van der Waals surface area contributed by atoms with Crippen LogP contribution in [-0.4, -0.2) is 37.5 Å². The summed E-state index contributed by atoms with van der Waals surface area (Å²) in [6.07, 6.45) is -3.71. The number of nitrogens with one attached hydrogen (secondary N) is 1. The van der Waals surface area contributed by atoms with Gasteiger partial charge in [-0.25, -0.2) is 4.98 Å². The maximum Gasteiger partial charge on any atom is 0.411 e. The summed E-state index contributed by atoms with van der Waals surface area (Å²) in [4.78, 5) is 4.53. The van der Waals surface area contributed by atoms with Crippen LogP contribution in [0.4, 0.5) is 13.2 Å². The van der Waals surface area contributed by atoms with E-state index in [9.17, 15) is 13.2 Å². The molecule has 1 unspecified atom stereocenters. The van der Waals surface area contributed by atoms with Gasteiger partial charge in [0, 0.05) is 23.3 Å². The van der Waals surface area contributed by atoms with Gasteiger partial charge < -0.3 is 10.1 Å². The second-order valence-corrected chi connectivity index (χ2v) is 6.64. The van der Waals surface area contributed by atoms with E-state index in [4.69, 9.17) is 0 Å². The first-order valence-corrected chi connectivity index (χ1v) is 7.26. The first-order valence-electron chi connectivity index (χ1n) is 6.38. The van der Waals surface area contributed by atoms with Gasteiger partial charge in [0.05, 0.1) is 17.3 Å². The van der Waals surface area contributed by atoms with Crippen molar-refractivity contribution in [3.05, 3.63) is 16.1 Å². The van der Waals surface area contributed by atoms with Crippen molar-refractivity contribution < 1.29 is 17.9 Å². The zero-order chi connectivity index (χ0) is 15.4. The van der Waals surface area contributed by atoms with E-state index in [0.717, 1.165) is 10.7 Å². The molecule has 0 fully saturated rings. The summed E-state index contributed by atoms with van der Waals surface area (Å²) >= 11 is 1.53. The summed E-state index contributed by atoms with van der Waals surface area (Å²) in [5, 5.41) is 5.87. The molecule has 1 N–H and O–H groups in total. The molecule has 0 aromatic carbocycles. The van der Waals surface area contributed by atoms with Crippen molar-refractivity contribution in [3.8, 4) is 0 Å². The number of ether oxygens (including phenoxy) is 1. The van der Waals surface area contributed by atoms with Gasteiger partial charge in [-0.15, -0.1) is 11.3 Å². The van der Waals surface area contributed by atoms with E-state index in [1.165, 1.54) is 11.3 Å². The Morgan fingerprint density at radius 2 is 2.00 bits per heavy atom. The Morgan fingerprint density at radius 1 is 1.35 bits per heavy atom. The molecule has 0 bridgehead atoms. The number of hydrogen-bond donors (Lipinski definition) is 1. The molecular formula is C13H21F3N2OS. The third-order valence-electron chi connectivity index (χ3n) is 2.73. The minimum atomic E-state index is -4.28. The van der Waals surface area contributed by atoms with Gasteiger partial charge in [0.25, 0.3) is 0 Å². The Hall–Kier alpha value is -0.660. The second-order valence-electron chi connectivity index (χ2n) is 5.70. The molecule has 1 atom stereocenters. The fourth-order valence-electron chi connectivity index (χ4n) is 1.52. The molecule has 1 rings (SSSR count). The van der Waals surface area contributed by atoms with Crippen LogP contribution in [0.5, 0.6) is 0 Å². The normalized spacial score (nSPS) is 14.6. The monoisotopic (exact) mass is 310 g/mol. The summed E-state index contributed by atoms with van der Waals surface area (Å²) in [7, 11) is 1.71. The van der Waals surface area contributed by atoms with E-state index >= 15 is 0 Å². The summed E-state index contributed by atoms with van der Waals surface area (Å²) in [5.74, 6) is 0. The lowest BCUT2D eigenvalue weighted by molar-refractivity contribution is -0.175. The predicted octanol–water partition coefficient (Wildman–Crippen LogP) is 3.15. The number of nitrogens with zero attached hydrogens (tertiary/aromatic N) is 1. The summed E-state index contributed by atoms with van der Waals surface area (Å²) < 4.78 is 40.7. The zero-order valence-corrected chi connectivity index (χ0v) is 13.0. The highest BCUT2D eigenvalue weighted by molar-refractivity contribution is 7.09. The van der Waals surface area contributed by atoms with Gasteiger partial charge in [-0.1, -0.05) is 20.8 Å². The van der Waals surface area contributed by atoms with Crippen LogP contribution in [0, 0.1) is 0 Å². The highest BCUT2D eigenvalue weighted by atomic mass is 32.1. The first-order chi connectivity index (χ1) is 9.12. The molecule has 1 aromatic rings. The molecule has 0 aliphatic heterocycles. The summed E-state index contributed by atoms with van der Waals surface area (Å²) in [5.41, 5.74) is 0.986. The molecule has 1 heterocycles. The number of likely N-dealkylation sites (N-methyl/N-ethyl adjacent to an activating group) is 1. The highest BCUT2D eigenvalue weighted by Crippen LogP contribution is 2.24. The van der Waals surface area contributed by atoms with Crippen LogP contribution in [0.3, 0.4) is 0 Å². The molecule has 3 nitrogen and oxygen atoms in total. The van der Waals surface area contributed by atoms with E-state index in [0.29, 0.717) is 6.42 Å². The minimum Gasteiger partial charge on any atom is -0.370 e. The molecule has 1 aromatic heterocycles. The third kappa shape index (κ3) is 6.19. The summed E-state index contributed by atoms with van der Waals surface area (Å²) in [6.45, 7) is 5.03. The van der Waals surface area contributed by atoms with E-state index in [-0.39, 0.29) is 18.1 Å². The van der Waals surface area contributed by atoms with Crippen LogP contribution in [0.1, 0.15) is 31.5 Å². The van der Waals surface area contributed by atoms with Gasteiger partial charge in [0.2, 0.25) is 0 Å². The van der Waals surface area contributed by atoms with Crippen molar-refractivity contribution in [2.24, 2.45) is 0 Å². The molecule has 0 aliphatic rings. The van der Waals surface area contributed by atoms with Crippen LogP contribution >= 0.6 is 11.3 Å². The van der Waals surface area contributed by atoms with Crippen molar-refractivity contribution in [3.63, 3.8) is 0 Å². The maximum atomic E-state index is 12.0. The van der Waals surface area contributed by atoms with Gasteiger partial charge in [0.15, 0.2) is 0 Å². The van der Waals surface area contributed by atoms with Gasteiger partial charge in [-0.2, -0.15) is 13.2 Å². The van der Waals surface area contributed by atoms with Crippen LogP contribution in [0.15, 0.2) is 5.38 Å². The smallest absolute Gasteiger partial charge is 0.370 e. The number of hydrogen-bond acceptors (Lipinski definition) is 4. The highest BCUT2D eigenvalue weighted by Gasteiger charge is 2.28. The average molecular weight is 310 g/mol. The third-order valence-corrected chi connectivity index (χ3v) is 3.61. The fraction of sp³-hybridized carbons (Fsp3) is 0.769. The largest absolute Gasteiger partial charge is 0.411 e. The van der Waals surface area contributed by atoms with Crippen molar-refractivity contribution >= 4 is 11.3 Å². The predicted molar refractivity (Wildman–Crippen MR) is 74.2 cm³/mol. The van der Waals surface area contributed by atoms with Gasteiger partial charge >= 0.3 is 6.18 Å². The van der Waals surface area contributed by atoms with Crippen LogP contribution < -0.4 is 5.32 Å². The Bertz CT molecular complexity index is 412. The van der Waals surface area contributed by atoms with E-state index in [1.807, 2.05) is 5.38 Å². The molecule has 7 heteroatoms. The van der Waals surface area contributed by atoms with Crippen molar-refractivity contribution in [2.75, 3.05) is 20.3 Å². The lowest BCUT2D eigenvalue weighted by Crippen LogP contribution is -2.34. The average Bonchev–Trinajstić information content (AvgIpc) is 2.74. The van der Waals surface area contributed by atoms with Crippen molar-refractivity contribution in [2.45, 2.75) is 44.8 Å². The number of rotatable bonds is 6. The van der Waals surface area contributed by atoms with Crippen molar-refractivity contribution in [1.29, 1.82) is 0 Å². The van der Waals surface area contributed by atoms with Gasteiger partial charge in [-0.05, 0) is 7.05 Å². The molecular weight excluding hydrogens is 289 g/mol. The standard InChI is InChI=1S/C13H21F3N2OS/c1-12(2,3)10-7-20-11(18-10)5-9(17-4)6-19-8-13(14,15)16/h7,9,17H,5-6,8H2,1-4H3. The number of alkyl halides is 3. The zero-order valence-electron chi connectivity index (χ0n) is 12.2. The Labute approximate surface area is 121 Å². The maximum absolute atomic E-state index is 12.0. The Kier molecular flexibility index (Phi) is 5.97. The number of aromatic nitrogens is 1. The molecule has 0 aliphatic carbocycles. The fourth-order valence-corrected chi connectivity index (χ4v) is 2.62. The molecule has 0 saturated heterocycles. The lowest BCUT2D eigenvalue weighted by Gasteiger charge is -2.16. The number of halogens is 3. The molecule has 20 heavy (non-hydrogen) atoms. The lowest BCUT2D eigenvalue weighted by atomic mass is 9.93. The van der Waals surface area contributed by atoms with E-state index in [1.54, 1.807) is 7.05 Å². The first kappa shape index (κ1) is 17.4. The van der Waals surface area contributed by atoms with Crippen LogP contribution in [0.2, 0.25) is 0 Å². The van der Waals surface area contributed by atoms with Crippen LogP contribution in [-0.2, 0) is 16.6 Å². The van der Waals surface area contributed by atoms with Crippen molar-refractivity contribution in [1.82, 2.24) is 10.3 Å². The molecule has 0 radical (unpaired) electrons. The molecule has 0 amide bonds. The van der Waals surface area contributed by atoms with E-state index < -0.39 is 12.8 Å². The summed E-state index contributed by atoms with van der Waals surface area (Å²) in [6, 6.07) is -0.170. The Morgan fingerprint density at radius 3 is 2.45 bits per heavy atom. The molecule has 116 valence electrons. The quantitative estimate of drug-likeness (QED) is 0.876. The van der Waals surface area contributed by atoms with Gasteiger partial charge in [-0.3, -0.25) is 0 Å². The van der Waals surface area contributed by atoms with Gasteiger partial charge in [0.1, 0.15) is 6.61 Å². The number of thiazole rings is 1. The minimum absolute atomic E-state index is 0.0143.